The summed E-state index contributed by atoms with van der Waals surface area (Å²) in [6.07, 6.45) is 0.423. The highest BCUT2D eigenvalue weighted by atomic mass is 32.2. The van der Waals surface area contributed by atoms with E-state index in [4.69, 9.17) is 19.9 Å². The van der Waals surface area contributed by atoms with Crippen LogP contribution in [0, 0.1) is 0 Å². The second kappa shape index (κ2) is 15.0. The lowest BCUT2D eigenvalue weighted by Gasteiger charge is -2.26. The number of carbonyl (C=O) groups excluding carboxylic acids is 4. The minimum absolute atomic E-state index is 0.0511. The maximum Gasteiger partial charge on any atom is 0.414 e. The van der Waals surface area contributed by atoms with Crippen LogP contribution in [-0.4, -0.2) is 54.3 Å². The first-order valence-electron chi connectivity index (χ1n) is 15.6. The summed E-state index contributed by atoms with van der Waals surface area (Å²) in [5.41, 5.74) is 10.0. The monoisotopic (exact) mass is 676 g/mol. The van der Waals surface area contributed by atoms with Crippen LogP contribution in [0.15, 0.2) is 60.7 Å². The molecule has 1 saturated heterocycles. The van der Waals surface area contributed by atoms with E-state index in [1.165, 1.54) is 4.90 Å². The quantitative estimate of drug-likeness (QED) is 0.194. The first kappa shape index (κ1) is 36.1. The lowest BCUT2D eigenvalue weighted by molar-refractivity contribution is -0.119. The smallest absolute Gasteiger partial charge is 0.414 e. The number of nitrogen functional groups attached to an aromatic ring is 1. The Morgan fingerprint density at radius 1 is 0.917 bits per heavy atom. The predicted octanol–water partition coefficient (Wildman–Crippen LogP) is 6.47. The van der Waals surface area contributed by atoms with Crippen LogP contribution >= 0.6 is 11.8 Å². The highest BCUT2D eigenvalue weighted by molar-refractivity contribution is 8.15. The number of carbonyl (C=O) groups is 4. The fraction of sp³-hybridized carbons (Fsp3) is 0.389. The molecule has 0 aromatic heterocycles. The number of benzene rings is 3. The predicted molar refractivity (Wildman–Crippen MR) is 189 cm³/mol. The number of thioether (sulfide) groups is 1. The molecule has 0 radical (unpaired) electrons. The van der Waals surface area contributed by atoms with Gasteiger partial charge in [0.15, 0.2) is 6.61 Å². The van der Waals surface area contributed by atoms with Crippen molar-refractivity contribution in [1.82, 2.24) is 5.32 Å². The van der Waals surface area contributed by atoms with Gasteiger partial charge in [0.2, 0.25) is 5.91 Å². The van der Waals surface area contributed by atoms with Gasteiger partial charge in [-0.2, -0.15) is 0 Å². The van der Waals surface area contributed by atoms with E-state index in [0.717, 1.165) is 34.1 Å². The minimum atomic E-state index is -0.726. The Kier molecular flexibility index (Phi) is 11.3. The molecular formula is C36H44N4O7S. The Morgan fingerprint density at radius 3 is 2.19 bits per heavy atom. The zero-order valence-electron chi connectivity index (χ0n) is 28.5. The van der Waals surface area contributed by atoms with Gasteiger partial charge in [-0.05, 0) is 79.6 Å². The van der Waals surface area contributed by atoms with Gasteiger partial charge in [0.1, 0.15) is 17.1 Å². The van der Waals surface area contributed by atoms with E-state index in [1.807, 2.05) is 6.07 Å². The van der Waals surface area contributed by atoms with Gasteiger partial charge >= 0.3 is 6.09 Å². The van der Waals surface area contributed by atoms with Gasteiger partial charge in [0.05, 0.1) is 23.2 Å². The van der Waals surface area contributed by atoms with Crippen LogP contribution < -0.4 is 30.7 Å². The Hall–Kier alpha value is -4.71. The Bertz CT molecular complexity index is 1660. The summed E-state index contributed by atoms with van der Waals surface area (Å²) in [6, 6.07) is 18.1. The first-order chi connectivity index (χ1) is 22.5. The minimum Gasteiger partial charge on any atom is -0.493 e. The molecule has 48 heavy (non-hydrogen) atoms. The van der Waals surface area contributed by atoms with Crippen molar-refractivity contribution in [2.75, 3.05) is 36.2 Å². The van der Waals surface area contributed by atoms with Gasteiger partial charge in [-0.3, -0.25) is 24.6 Å². The van der Waals surface area contributed by atoms with Crippen molar-refractivity contribution in [1.29, 1.82) is 0 Å². The molecule has 1 atom stereocenters. The average Bonchev–Trinajstić information content (AvgIpc) is 3.31. The fourth-order valence-corrected chi connectivity index (χ4v) is 5.81. The van der Waals surface area contributed by atoms with Crippen LogP contribution in [0.3, 0.4) is 0 Å². The van der Waals surface area contributed by atoms with Crippen LogP contribution in [0.1, 0.15) is 58.2 Å². The first-order valence-corrected chi connectivity index (χ1v) is 16.5. The van der Waals surface area contributed by atoms with Gasteiger partial charge < -0.3 is 25.3 Å². The summed E-state index contributed by atoms with van der Waals surface area (Å²) in [7, 11) is 1.56. The molecule has 1 fully saturated rings. The molecule has 1 unspecified atom stereocenters. The number of nitrogens with one attached hydrogen (secondary N) is 2. The number of nitrogens with zero attached hydrogens (tertiary/aromatic N) is 1. The summed E-state index contributed by atoms with van der Waals surface area (Å²) < 4.78 is 17.3. The normalized spacial score (nSPS) is 14.7. The van der Waals surface area contributed by atoms with Crippen molar-refractivity contribution in [2.45, 2.75) is 70.7 Å². The maximum absolute atomic E-state index is 13.0. The highest BCUT2D eigenvalue weighted by Gasteiger charge is 2.31. The van der Waals surface area contributed by atoms with Crippen LogP contribution in [-0.2, 0) is 32.6 Å². The molecule has 0 saturated carbocycles. The maximum atomic E-state index is 13.0. The standard InChI is InChI=1S/C36H44N4O7S/c1-35(2,3)26-14-10-23(18-27(26)37)16-17-45-25-13-15-28(29(20-25)40(7)34(44)47-36(4,5)6)38-31(41)21-46-24-11-8-22(9-12-24)19-30-32(42)39-33(43)48-30/h8-15,18,20,30H,16-17,19,21,37H2,1-7H3,(H,38,41)(H,39,42,43). The average molecular weight is 677 g/mol. The second-order valence-electron chi connectivity index (χ2n) is 13.6. The van der Waals surface area contributed by atoms with Gasteiger partial charge in [-0.25, -0.2) is 4.79 Å². The summed E-state index contributed by atoms with van der Waals surface area (Å²) in [4.78, 5) is 50.5. The lowest BCUT2D eigenvalue weighted by Crippen LogP contribution is -2.34. The molecule has 3 aromatic rings. The molecule has 4 N–H and O–H groups in total. The molecule has 1 heterocycles. The van der Waals surface area contributed by atoms with E-state index in [1.54, 1.807) is 70.3 Å². The third-order valence-corrected chi connectivity index (χ3v) is 8.32. The molecular weight excluding hydrogens is 632 g/mol. The number of hydrogen-bond donors (Lipinski definition) is 3. The van der Waals surface area contributed by atoms with Gasteiger partial charge in [0, 0.05) is 25.2 Å². The number of anilines is 3. The van der Waals surface area contributed by atoms with E-state index in [2.05, 4.69) is 43.5 Å². The lowest BCUT2D eigenvalue weighted by atomic mass is 9.85. The Balaban J connectivity index is 1.40. The van der Waals surface area contributed by atoms with Crippen LogP contribution in [0.25, 0.3) is 0 Å². The van der Waals surface area contributed by atoms with Crippen molar-refractivity contribution < 1.29 is 33.4 Å². The fourth-order valence-electron chi connectivity index (χ4n) is 4.95. The number of imide groups is 1. The molecule has 0 bridgehead atoms. The van der Waals surface area contributed by atoms with Gasteiger partial charge in [-0.15, -0.1) is 0 Å². The SMILES string of the molecule is CN(C(=O)OC(C)(C)C)c1cc(OCCc2ccc(C(C)(C)C)c(N)c2)ccc1NC(=O)COc1ccc(CC2SC(=O)NC2=O)cc1. The van der Waals surface area contributed by atoms with E-state index in [-0.39, 0.29) is 23.2 Å². The van der Waals surface area contributed by atoms with Crippen molar-refractivity contribution in [2.24, 2.45) is 0 Å². The molecule has 256 valence electrons. The topological polar surface area (TPSA) is 149 Å². The van der Waals surface area contributed by atoms with Crippen LogP contribution in [0.5, 0.6) is 11.5 Å². The molecule has 12 heteroatoms. The molecule has 3 aromatic carbocycles. The van der Waals surface area contributed by atoms with E-state index >= 15 is 0 Å². The van der Waals surface area contributed by atoms with Crippen LogP contribution in [0.4, 0.5) is 26.7 Å². The van der Waals surface area contributed by atoms with E-state index in [9.17, 15) is 19.2 Å². The molecule has 4 rings (SSSR count). The largest absolute Gasteiger partial charge is 0.493 e. The van der Waals surface area contributed by atoms with Crippen molar-refractivity contribution in [3.8, 4) is 11.5 Å². The van der Waals surface area contributed by atoms with Crippen molar-refractivity contribution in [3.05, 3.63) is 77.4 Å². The molecule has 1 aliphatic heterocycles. The molecule has 1 aliphatic rings. The number of ether oxygens (including phenoxy) is 3. The highest BCUT2D eigenvalue weighted by Crippen LogP contribution is 2.32. The molecule has 0 aliphatic carbocycles. The summed E-state index contributed by atoms with van der Waals surface area (Å²) >= 11 is 0.972. The zero-order valence-corrected chi connectivity index (χ0v) is 29.3. The van der Waals surface area contributed by atoms with E-state index in [0.29, 0.717) is 42.3 Å². The third-order valence-electron chi connectivity index (χ3n) is 7.34. The van der Waals surface area contributed by atoms with Crippen molar-refractivity contribution in [3.63, 3.8) is 0 Å². The van der Waals surface area contributed by atoms with Gasteiger partial charge in [0.25, 0.3) is 11.1 Å². The third kappa shape index (κ3) is 10.1. The molecule has 4 amide bonds. The van der Waals surface area contributed by atoms with Crippen molar-refractivity contribution >= 4 is 52.0 Å². The number of amides is 4. The number of nitrogens with two attached hydrogens (primary N) is 1. The Labute approximate surface area is 285 Å². The summed E-state index contributed by atoms with van der Waals surface area (Å²) in [6.45, 7) is 11.8. The zero-order chi connectivity index (χ0) is 35.2. The summed E-state index contributed by atoms with van der Waals surface area (Å²) in [5, 5.41) is 4.29. The van der Waals surface area contributed by atoms with E-state index < -0.39 is 22.9 Å². The molecule has 0 spiro atoms. The Morgan fingerprint density at radius 2 is 1.58 bits per heavy atom. The van der Waals surface area contributed by atoms with Crippen LogP contribution in [0.2, 0.25) is 0 Å². The summed E-state index contributed by atoms with van der Waals surface area (Å²) in [5.74, 6) is 0.219. The van der Waals surface area contributed by atoms with Gasteiger partial charge in [-0.1, -0.05) is 56.8 Å². The second-order valence-corrected chi connectivity index (χ2v) is 14.7. The number of rotatable bonds is 11. The molecule has 11 nitrogen and oxygen atoms in total. The number of hydrogen-bond acceptors (Lipinski definition) is 9.